The first-order valence-corrected chi connectivity index (χ1v) is 8.88. The normalized spacial score (nSPS) is 11.2. The van der Waals surface area contributed by atoms with E-state index in [9.17, 15) is 4.79 Å². The molecular weight excluding hydrogens is 395 g/mol. The standard InChI is InChI=1S/C20H11Cl3O3/c21-14-8-16(23)18(9-15(14)22)25-10-12-7-19(24)26-17-6-5-11-3-1-2-4-13(11)20(12)17/h1-9H,10H2. The largest absolute Gasteiger partial charge is 0.487 e. The minimum Gasteiger partial charge on any atom is -0.487 e. The van der Waals surface area contributed by atoms with Crippen LogP contribution < -0.4 is 10.4 Å². The highest BCUT2D eigenvalue weighted by molar-refractivity contribution is 6.43. The average Bonchev–Trinajstić information content (AvgIpc) is 2.62. The molecule has 0 saturated carbocycles. The molecule has 0 aliphatic carbocycles. The van der Waals surface area contributed by atoms with Crippen LogP contribution in [0.1, 0.15) is 5.56 Å². The Morgan fingerprint density at radius 3 is 2.50 bits per heavy atom. The third-order valence-electron chi connectivity index (χ3n) is 4.07. The van der Waals surface area contributed by atoms with Gasteiger partial charge in [-0.2, -0.15) is 0 Å². The second-order valence-electron chi connectivity index (χ2n) is 5.74. The van der Waals surface area contributed by atoms with Gasteiger partial charge in [0.25, 0.3) is 0 Å². The molecule has 1 aromatic heterocycles. The summed E-state index contributed by atoms with van der Waals surface area (Å²) in [5.41, 5.74) is 0.775. The third kappa shape index (κ3) is 3.14. The zero-order valence-corrected chi connectivity index (χ0v) is 15.5. The fraction of sp³-hybridized carbons (Fsp3) is 0.0500. The Hall–Kier alpha value is -2.20. The second kappa shape index (κ2) is 6.84. The molecule has 0 fully saturated rings. The van der Waals surface area contributed by atoms with Crippen LogP contribution in [0.25, 0.3) is 21.7 Å². The minimum absolute atomic E-state index is 0.133. The van der Waals surface area contributed by atoms with E-state index in [0.29, 0.717) is 32.0 Å². The van der Waals surface area contributed by atoms with E-state index in [1.165, 1.54) is 12.1 Å². The third-order valence-corrected chi connectivity index (χ3v) is 5.09. The number of hydrogen-bond donors (Lipinski definition) is 0. The lowest BCUT2D eigenvalue weighted by molar-refractivity contribution is 0.307. The molecule has 26 heavy (non-hydrogen) atoms. The van der Waals surface area contributed by atoms with E-state index in [0.717, 1.165) is 16.2 Å². The molecule has 0 bridgehead atoms. The summed E-state index contributed by atoms with van der Waals surface area (Å²) in [5.74, 6) is 0.391. The predicted octanol–water partition coefficient (Wildman–Crippen LogP) is 6.49. The number of fused-ring (bicyclic) bond motifs is 3. The van der Waals surface area contributed by atoms with Gasteiger partial charge in [0.1, 0.15) is 17.9 Å². The number of halogens is 3. The molecule has 0 aliphatic heterocycles. The first-order chi connectivity index (χ1) is 12.5. The molecule has 0 saturated heterocycles. The van der Waals surface area contributed by atoms with E-state index in [4.69, 9.17) is 44.0 Å². The van der Waals surface area contributed by atoms with E-state index < -0.39 is 5.63 Å². The second-order valence-corrected chi connectivity index (χ2v) is 6.96. The van der Waals surface area contributed by atoms with Gasteiger partial charge in [0.05, 0.1) is 15.1 Å². The smallest absolute Gasteiger partial charge is 0.336 e. The van der Waals surface area contributed by atoms with Crippen molar-refractivity contribution in [2.24, 2.45) is 0 Å². The van der Waals surface area contributed by atoms with Crippen LogP contribution in [0.3, 0.4) is 0 Å². The number of hydrogen-bond acceptors (Lipinski definition) is 3. The molecule has 0 N–H and O–H groups in total. The molecule has 1 heterocycles. The zero-order chi connectivity index (χ0) is 18.3. The first kappa shape index (κ1) is 17.2. The molecule has 130 valence electrons. The van der Waals surface area contributed by atoms with Crippen LogP contribution in [0.5, 0.6) is 5.75 Å². The summed E-state index contributed by atoms with van der Waals surface area (Å²) in [7, 11) is 0. The quantitative estimate of drug-likeness (QED) is 0.222. The lowest BCUT2D eigenvalue weighted by Gasteiger charge is -2.12. The van der Waals surface area contributed by atoms with Crippen molar-refractivity contribution in [1.82, 2.24) is 0 Å². The van der Waals surface area contributed by atoms with Gasteiger partial charge in [0.2, 0.25) is 0 Å². The Balaban J connectivity index is 1.82. The van der Waals surface area contributed by atoms with Crippen LogP contribution in [0, 0.1) is 0 Å². The molecule has 0 unspecified atom stereocenters. The summed E-state index contributed by atoms with van der Waals surface area (Å²) in [6, 6.07) is 16.1. The highest BCUT2D eigenvalue weighted by Crippen LogP contribution is 2.35. The van der Waals surface area contributed by atoms with Gasteiger partial charge in [-0.05, 0) is 22.9 Å². The van der Waals surface area contributed by atoms with Crippen molar-refractivity contribution >= 4 is 56.5 Å². The van der Waals surface area contributed by atoms with Crippen molar-refractivity contribution in [2.45, 2.75) is 6.61 Å². The van der Waals surface area contributed by atoms with E-state index in [2.05, 4.69) is 0 Å². The topological polar surface area (TPSA) is 39.4 Å². The van der Waals surface area contributed by atoms with Gasteiger partial charge in [-0.25, -0.2) is 4.79 Å². The van der Waals surface area contributed by atoms with Gasteiger partial charge >= 0.3 is 5.63 Å². The van der Waals surface area contributed by atoms with Gasteiger partial charge in [-0.15, -0.1) is 0 Å². The molecule has 4 rings (SSSR count). The molecule has 6 heteroatoms. The number of rotatable bonds is 3. The molecule has 0 aliphatic rings. The fourth-order valence-electron chi connectivity index (χ4n) is 2.90. The Morgan fingerprint density at radius 2 is 1.65 bits per heavy atom. The van der Waals surface area contributed by atoms with Crippen molar-refractivity contribution in [3.05, 3.63) is 85.6 Å². The molecule has 0 radical (unpaired) electrons. The lowest BCUT2D eigenvalue weighted by atomic mass is 10.0. The van der Waals surface area contributed by atoms with Crippen LogP contribution >= 0.6 is 34.8 Å². The Labute approximate surface area is 163 Å². The number of benzene rings is 3. The van der Waals surface area contributed by atoms with E-state index in [1.54, 1.807) is 12.1 Å². The van der Waals surface area contributed by atoms with Gasteiger partial charge in [-0.1, -0.05) is 65.1 Å². The first-order valence-electron chi connectivity index (χ1n) is 7.75. The monoisotopic (exact) mass is 404 g/mol. The van der Waals surface area contributed by atoms with Crippen LogP contribution in [0.2, 0.25) is 15.1 Å². The highest BCUT2D eigenvalue weighted by atomic mass is 35.5. The Bertz CT molecular complexity index is 1200. The maximum absolute atomic E-state index is 11.9. The van der Waals surface area contributed by atoms with Crippen LogP contribution in [0.4, 0.5) is 0 Å². The molecule has 4 aromatic rings. The maximum atomic E-state index is 11.9. The minimum atomic E-state index is -0.438. The zero-order valence-electron chi connectivity index (χ0n) is 13.3. The summed E-state index contributed by atoms with van der Waals surface area (Å²) >= 11 is 18.1. The van der Waals surface area contributed by atoms with E-state index >= 15 is 0 Å². The molecule has 3 aromatic carbocycles. The molecule has 0 amide bonds. The fourth-order valence-corrected chi connectivity index (χ4v) is 3.50. The summed E-state index contributed by atoms with van der Waals surface area (Å²) in [5, 5.41) is 3.89. The molecule has 0 spiro atoms. The average molecular weight is 406 g/mol. The van der Waals surface area contributed by atoms with Gasteiger partial charge < -0.3 is 9.15 Å². The predicted molar refractivity (Wildman–Crippen MR) is 106 cm³/mol. The maximum Gasteiger partial charge on any atom is 0.336 e. The Kier molecular flexibility index (Phi) is 4.53. The van der Waals surface area contributed by atoms with E-state index in [1.807, 2.05) is 30.3 Å². The molecule has 0 atom stereocenters. The summed E-state index contributed by atoms with van der Waals surface area (Å²) in [6.45, 7) is 0.133. The van der Waals surface area contributed by atoms with Crippen molar-refractivity contribution in [3.8, 4) is 5.75 Å². The highest BCUT2D eigenvalue weighted by Gasteiger charge is 2.12. The summed E-state index contributed by atoms with van der Waals surface area (Å²) in [6.07, 6.45) is 0. The molecule has 3 nitrogen and oxygen atoms in total. The SMILES string of the molecule is O=c1cc(COc2cc(Cl)c(Cl)cc2Cl)c2c(ccc3ccccc32)o1. The lowest BCUT2D eigenvalue weighted by Crippen LogP contribution is -2.04. The van der Waals surface area contributed by atoms with Gasteiger partial charge in [0.15, 0.2) is 0 Å². The Morgan fingerprint density at radius 1 is 0.885 bits per heavy atom. The van der Waals surface area contributed by atoms with Crippen molar-refractivity contribution in [1.29, 1.82) is 0 Å². The van der Waals surface area contributed by atoms with Crippen molar-refractivity contribution in [2.75, 3.05) is 0 Å². The molecular formula is C20H11Cl3O3. The van der Waals surface area contributed by atoms with Crippen molar-refractivity contribution < 1.29 is 9.15 Å². The van der Waals surface area contributed by atoms with Gasteiger partial charge in [0, 0.05) is 23.1 Å². The van der Waals surface area contributed by atoms with Crippen LogP contribution in [0.15, 0.2) is 63.8 Å². The summed E-state index contributed by atoms with van der Waals surface area (Å²) < 4.78 is 11.2. The van der Waals surface area contributed by atoms with Crippen molar-refractivity contribution in [3.63, 3.8) is 0 Å². The summed E-state index contributed by atoms with van der Waals surface area (Å²) in [4.78, 5) is 11.9. The van der Waals surface area contributed by atoms with Crippen LogP contribution in [-0.2, 0) is 6.61 Å². The van der Waals surface area contributed by atoms with Crippen LogP contribution in [-0.4, -0.2) is 0 Å². The number of ether oxygens (including phenoxy) is 1. The van der Waals surface area contributed by atoms with Gasteiger partial charge in [-0.3, -0.25) is 0 Å². The van der Waals surface area contributed by atoms with E-state index in [-0.39, 0.29) is 6.61 Å².